The second-order valence-corrected chi connectivity index (χ2v) is 3.99. The Kier molecular flexibility index (Phi) is 3.67. The van der Waals surface area contributed by atoms with Crippen molar-refractivity contribution in [2.24, 2.45) is 0 Å². The van der Waals surface area contributed by atoms with Crippen molar-refractivity contribution in [3.8, 4) is 0 Å². The van der Waals surface area contributed by atoms with Crippen molar-refractivity contribution in [1.29, 1.82) is 0 Å². The van der Waals surface area contributed by atoms with Crippen LogP contribution in [-0.4, -0.2) is 41.4 Å². The van der Waals surface area contributed by atoms with E-state index < -0.39 is 6.17 Å². The molecule has 2 atom stereocenters. The average molecular weight is 201 g/mol. The molecule has 2 unspecified atom stereocenters. The molecule has 2 rings (SSSR count). The molecule has 0 bridgehead atoms. The molecule has 0 aromatic rings. The second-order valence-electron chi connectivity index (χ2n) is 3.99. The molecule has 0 amide bonds. The van der Waals surface area contributed by atoms with Gasteiger partial charge < -0.3 is 5.11 Å². The fraction of sp³-hybridized carbons (Fsp3) is 0.818. The standard InChI is InChI=1S/C9H14FNO.C2H6/c1-7-2-9(6-12)3-8(10)5-11(9)4-7;1-2/h8,12H,1-6H2;1-2H3. The van der Waals surface area contributed by atoms with Crippen molar-refractivity contribution in [3.63, 3.8) is 0 Å². The molecule has 0 aromatic heterocycles. The first kappa shape index (κ1) is 11.7. The normalized spacial score (nSPS) is 36.6. The molecule has 2 fully saturated rings. The Hall–Kier alpha value is -0.410. The van der Waals surface area contributed by atoms with Crippen LogP contribution in [0.25, 0.3) is 0 Å². The molecule has 2 saturated heterocycles. The highest BCUT2D eigenvalue weighted by Gasteiger charge is 2.49. The Morgan fingerprint density at radius 2 is 2.29 bits per heavy atom. The number of rotatable bonds is 1. The third-order valence-electron chi connectivity index (χ3n) is 2.98. The summed E-state index contributed by atoms with van der Waals surface area (Å²) in [5.41, 5.74) is 0.826. The van der Waals surface area contributed by atoms with E-state index in [1.807, 2.05) is 18.7 Å². The number of aliphatic hydroxyl groups excluding tert-OH is 1. The van der Waals surface area contributed by atoms with Gasteiger partial charge in [0.2, 0.25) is 0 Å². The zero-order chi connectivity index (χ0) is 10.8. The third kappa shape index (κ3) is 1.84. The third-order valence-corrected chi connectivity index (χ3v) is 2.98. The van der Waals surface area contributed by atoms with Crippen molar-refractivity contribution >= 4 is 0 Å². The molecule has 0 aliphatic carbocycles. The maximum Gasteiger partial charge on any atom is 0.115 e. The monoisotopic (exact) mass is 201 g/mol. The maximum absolute atomic E-state index is 13.0. The second kappa shape index (κ2) is 4.41. The van der Waals surface area contributed by atoms with Gasteiger partial charge in [0.25, 0.3) is 0 Å². The highest BCUT2D eigenvalue weighted by atomic mass is 19.1. The minimum atomic E-state index is -0.759. The maximum atomic E-state index is 13.0. The van der Waals surface area contributed by atoms with Crippen LogP contribution in [-0.2, 0) is 0 Å². The molecule has 0 radical (unpaired) electrons. The van der Waals surface area contributed by atoms with E-state index in [0.717, 1.165) is 18.5 Å². The first-order chi connectivity index (χ1) is 6.66. The molecule has 82 valence electrons. The SMILES string of the molecule is C=C1CN2CC(F)CC2(CO)C1.CC. The van der Waals surface area contributed by atoms with Gasteiger partial charge in [-0.2, -0.15) is 0 Å². The first-order valence-electron chi connectivity index (χ1n) is 5.33. The molecule has 2 nitrogen and oxygen atoms in total. The largest absolute Gasteiger partial charge is 0.394 e. The fourth-order valence-corrected chi connectivity index (χ4v) is 2.47. The Balaban J connectivity index is 0.000000461. The number of alkyl halides is 1. The van der Waals surface area contributed by atoms with E-state index in [9.17, 15) is 9.50 Å². The van der Waals surface area contributed by atoms with Gasteiger partial charge in [-0.25, -0.2) is 4.39 Å². The van der Waals surface area contributed by atoms with Gasteiger partial charge >= 0.3 is 0 Å². The Bertz CT molecular complexity index is 219. The van der Waals surface area contributed by atoms with E-state index in [1.54, 1.807) is 0 Å². The predicted octanol–water partition coefficient (Wildman–Crippen LogP) is 1.75. The number of hydrogen-bond donors (Lipinski definition) is 1. The molecular weight excluding hydrogens is 181 g/mol. The van der Waals surface area contributed by atoms with Gasteiger partial charge in [0.05, 0.1) is 12.1 Å². The zero-order valence-electron chi connectivity index (χ0n) is 9.09. The summed E-state index contributed by atoms with van der Waals surface area (Å²) in [4.78, 5) is 2.03. The van der Waals surface area contributed by atoms with Gasteiger partial charge in [0.15, 0.2) is 0 Å². The molecule has 2 aliphatic rings. The van der Waals surface area contributed by atoms with E-state index in [2.05, 4.69) is 6.58 Å². The van der Waals surface area contributed by atoms with Gasteiger partial charge in [-0.3, -0.25) is 4.90 Å². The van der Waals surface area contributed by atoms with E-state index in [4.69, 9.17) is 0 Å². The van der Waals surface area contributed by atoms with Crippen LogP contribution in [0.2, 0.25) is 0 Å². The minimum Gasteiger partial charge on any atom is -0.394 e. The molecule has 0 spiro atoms. The average Bonchev–Trinajstić information content (AvgIpc) is 2.60. The fourth-order valence-electron chi connectivity index (χ4n) is 2.47. The molecule has 2 heterocycles. The Labute approximate surface area is 85.4 Å². The quantitative estimate of drug-likeness (QED) is 0.653. The topological polar surface area (TPSA) is 23.5 Å². The van der Waals surface area contributed by atoms with Crippen molar-refractivity contribution in [1.82, 2.24) is 4.90 Å². The van der Waals surface area contributed by atoms with Gasteiger partial charge in [-0.1, -0.05) is 26.0 Å². The van der Waals surface area contributed by atoms with Gasteiger partial charge in [-0.15, -0.1) is 0 Å². The Morgan fingerprint density at radius 1 is 1.64 bits per heavy atom. The van der Waals surface area contributed by atoms with Crippen LogP contribution < -0.4 is 0 Å². The van der Waals surface area contributed by atoms with Crippen molar-refractivity contribution in [2.75, 3.05) is 19.7 Å². The van der Waals surface area contributed by atoms with Crippen LogP contribution in [0, 0.1) is 0 Å². The molecule has 1 N–H and O–H groups in total. The molecular formula is C11H20FNO. The summed E-state index contributed by atoms with van der Waals surface area (Å²) in [6.45, 7) is 9.18. The van der Waals surface area contributed by atoms with Crippen LogP contribution in [0.1, 0.15) is 26.7 Å². The summed E-state index contributed by atoms with van der Waals surface area (Å²) in [7, 11) is 0. The van der Waals surface area contributed by atoms with E-state index >= 15 is 0 Å². The van der Waals surface area contributed by atoms with Crippen molar-refractivity contribution in [3.05, 3.63) is 12.2 Å². The van der Waals surface area contributed by atoms with Gasteiger partial charge in [-0.05, 0) is 6.42 Å². The lowest BCUT2D eigenvalue weighted by atomic mass is 9.93. The highest BCUT2D eigenvalue weighted by molar-refractivity contribution is 5.18. The Morgan fingerprint density at radius 3 is 2.79 bits per heavy atom. The molecule has 3 heteroatoms. The minimum absolute atomic E-state index is 0.0619. The first-order valence-corrected chi connectivity index (χ1v) is 5.33. The molecule has 0 aromatic carbocycles. The van der Waals surface area contributed by atoms with Crippen LogP contribution in [0.3, 0.4) is 0 Å². The number of hydrogen-bond acceptors (Lipinski definition) is 2. The predicted molar refractivity (Wildman–Crippen MR) is 56.0 cm³/mol. The number of aliphatic hydroxyl groups is 1. The summed E-state index contributed by atoms with van der Waals surface area (Å²) in [6.07, 6.45) is 0.483. The van der Waals surface area contributed by atoms with E-state index in [1.165, 1.54) is 0 Å². The lowest BCUT2D eigenvalue weighted by Crippen LogP contribution is -2.41. The van der Waals surface area contributed by atoms with Crippen LogP contribution in [0.4, 0.5) is 4.39 Å². The van der Waals surface area contributed by atoms with Crippen LogP contribution >= 0.6 is 0 Å². The van der Waals surface area contributed by atoms with Gasteiger partial charge in [0, 0.05) is 19.5 Å². The number of nitrogens with zero attached hydrogens (tertiary/aromatic N) is 1. The zero-order valence-corrected chi connectivity index (χ0v) is 9.09. The van der Waals surface area contributed by atoms with Crippen molar-refractivity contribution in [2.45, 2.75) is 38.4 Å². The lowest BCUT2D eigenvalue weighted by molar-refractivity contribution is 0.0997. The smallest absolute Gasteiger partial charge is 0.115 e. The van der Waals surface area contributed by atoms with Crippen molar-refractivity contribution < 1.29 is 9.50 Å². The lowest BCUT2D eigenvalue weighted by Gasteiger charge is -2.28. The van der Waals surface area contributed by atoms with Crippen LogP contribution in [0.15, 0.2) is 12.2 Å². The summed E-state index contributed by atoms with van der Waals surface area (Å²) < 4.78 is 13.0. The number of fused-ring (bicyclic) bond motifs is 1. The summed E-state index contributed by atoms with van der Waals surface area (Å²) in [5, 5.41) is 9.21. The highest BCUT2D eigenvalue weighted by Crippen LogP contribution is 2.41. The summed E-state index contributed by atoms with van der Waals surface area (Å²) >= 11 is 0. The summed E-state index contributed by atoms with van der Waals surface area (Å²) in [6, 6.07) is 0. The van der Waals surface area contributed by atoms with E-state index in [-0.39, 0.29) is 12.1 Å². The van der Waals surface area contributed by atoms with E-state index in [0.29, 0.717) is 13.0 Å². The molecule has 0 saturated carbocycles. The number of halogens is 1. The molecule has 2 aliphatic heterocycles. The van der Waals surface area contributed by atoms with Crippen LogP contribution in [0.5, 0.6) is 0 Å². The molecule has 14 heavy (non-hydrogen) atoms. The van der Waals surface area contributed by atoms with Gasteiger partial charge in [0.1, 0.15) is 6.17 Å². The summed E-state index contributed by atoms with van der Waals surface area (Å²) in [5.74, 6) is 0.